The lowest BCUT2D eigenvalue weighted by molar-refractivity contribution is 0.0995. The highest BCUT2D eigenvalue weighted by Gasteiger charge is 2.22. The molecular weight excluding hydrogens is 330 g/mol. The fourth-order valence-electron chi connectivity index (χ4n) is 3.03. The van der Waals surface area contributed by atoms with Crippen LogP contribution in [0.3, 0.4) is 0 Å². The number of nitriles is 1. The number of nitrogens with two attached hydrogens (primary N) is 1. The summed E-state index contributed by atoms with van der Waals surface area (Å²) in [6, 6.07) is 9.19. The molecule has 0 spiro atoms. The van der Waals surface area contributed by atoms with Crippen molar-refractivity contribution in [1.29, 1.82) is 5.26 Å². The molecular formula is C19H21N5O2. The number of anilines is 1. The van der Waals surface area contributed by atoms with Crippen LogP contribution in [0.5, 0.6) is 5.75 Å². The number of rotatable bonds is 5. The number of ether oxygens (including phenoxy) is 1. The number of hydrogen-bond acceptors (Lipinski definition) is 6. The number of amides is 1. The Kier molecular flexibility index (Phi) is 5.32. The van der Waals surface area contributed by atoms with Crippen molar-refractivity contribution in [2.24, 2.45) is 11.7 Å². The van der Waals surface area contributed by atoms with Crippen molar-refractivity contribution < 1.29 is 9.53 Å². The molecule has 0 atom stereocenters. The van der Waals surface area contributed by atoms with Crippen molar-refractivity contribution in [2.75, 3.05) is 24.6 Å². The van der Waals surface area contributed by atoms with Crippen molar-refractivity contribution in [3.8, 4) is 11.8 Å². The van der Waals surface area contributed by atoms with E-state index < -0.39 is 5.91 Å². The fourth-order valence-corrected chi connectivity index (χ4v) is 3.03. The van der Waals surface area contributed by atoms with E-state index >= 15 is 0 Å². The molecule has 0 unspecified atom stereocenters. The van der Waals surface area contributed by atoms with Gasteiger partial charge in [0.2, 0.25) is 0 Å². The average molecular weight is 351 g/mol. The summed E-state index contributed by atoms with van der Waals surface area (Å²) in [6.45, 7) is 4.17. The van der Waals surface area contributed by atoms with E-state index in [0.717, 1.165) is 37.4 Å². The van der Waals surface area contributed by atoms with Crippen LogP contribution in [0.4, 0.5) is 5.82 Å². The second-order valence-electron chi connectivity index (χ2n) is 6.42. The predicted molar refractivity (Wildman–Crippen MR) is 96.9 cm³/mol. The molecule has 2 aromatic heterocycles. The molecule has 3 rings (SSSR count). The average Bonchev–Trinajstić information content (AvgIpc) is 2.67. The number of hydrogen-bond donors (Lipinski definition) is 1. The topological polar surface area (TPSA) is 105 Å². The van der Waals surface area contributed by atoms with Gasteiger partial charge in [-0.25, -0.2) is 4.98 Å². The zero-order valence-electron chi connectivity index (χ0n) is 14.7. The fraction of sp³-hybridized carbons (Fsp3) is 0.368. The van der Waals surface area contributed by atoms with Crippen molar-refractivity contribution in [3.05, 3.63) is 47.4 Å². The molecule has 0 aliphatic carbocycles. The number of primary amides is 1. The van der Waals surface area contributed by atoms with Gasteiger partial charge in [-0.05, 0) is 43.9 Å². The monoisotopic (exact) mass is 351 g/mol. The molecule has 0 saturated carbocycles. The molecule has 3 heterocycles. The first-order chi connectivity index (χ1) is 12.6. The van der Waals surface area contributed by atoms with Crippen LogP contribution in [-0.2, 0) is 0 Å². The van der Waals surface area contributed by atoms with E-state index in [9.17, 15) is 10.1 Å². The standard InChI is InChI=1S/C19H21N5O2/c1-13-2-3-15(11-20)19(23-13)24-8-5-14(6-9-24)12-26-16-4-7-22-17(10-16)18(21)25/h2-4,7,10,14H,5-6,8-9,12H2,1H3,(H2,21,25). The van der Waals surface area contributed by atoms with E-state index in [4.69, 9.17) is 10.5 Å². The summed E-state index contributed by atoms with van der Waals surface area (Å²) in [5.41, 5.74) is 6.96. The molecule has 2 N–H and O–H groups in total. The smallest absolute Gasteiger partial charge is 0.267 e. The third-order valence-corrected chi connectivity index (χ3v) is 4.52. The maximum Gasteiger partial charge on any atom is 0.267 e. The number of piperidine rings is 1. The molecule has 134 valence electrons. The first-order valence-corrected chi connectivity index (χ1v) is 8.58. The van der Waals surface area contributed by atoms with E-state index in [0.29, 0.717) is 23.8 Å². The van der Waals surface area contributed by atoms with Crippen LogP contribution in [0.15, 0.2) is 30.5 Å². The first kappa shape index (κ1) is 17.7. The maximum absolute atomic E-state index is 11.2. The van der Waals surface area contributed by atoms with E-state index in [-0.39, 0.29) is 5.69 Å². The second kappa shape index (κ2) is 7.83. The Morgan fingerprint density at radius 2 is 2.15 bits per heavy atom. The van der Waals surface area contributed by atoms with Crippen molar-refractivity contribution in [2.45, 2.75) is 19.8 Å². The summed E-state index contributed by atoms with van der Waals surface area (Å²) < 4.78 is 5.81. The molecule has 7 heteroatoms. The zero-order valence-corrected chi connectivity index (χ0v) is 14.7. The molecule has 1 aliphatic heterocycles. The van der Waals surface area contributed by atoms with Crippen LogP contribution in [0, 0.1) is 24.2 Å². The zero-order chi connectivity index (χ0) is 18.5. The summed E-state index contributed by atoms with van der Waals surface area (Å²) in [4.78, 5) is 21.8. The molecule has 0 radical (unpaired) electrons. The number of carbonyl (C=O) groups excluding carboxylic acids is 1. The minimum atomic E-state index is -0.567. The lowest BCUT2D eigenvalue weighted by Gasteiger charge is -2.33. The highest BCUT2D eigenvalue weighted by molar-refractivity contribution is 5.91. The van der Waals surface area contributed by atoms with Crippen LogP contribution in [0.1, 0.15) is 34.6 Å². The summed E-state index contributed by atoms with van der Waals surface area (Å²) >= 11 is 0. The van der Waals surface area contributed by atoms with Gasteiger partial charge in [0, 0.05) is 31.0 Å². The van der Waals surface area contributed by atoms with Crippen LogP contribution in [-0.4, -0.2) is 35.6 Å². The van der Waals surface area contributed by atoms with Gasteiger partial charge in [0.05, 0.1) is 12.2 Å². The van der Waals surface area contributed by atoms with Gasteiger partial charge in [-0.1, -0.05) is 0 Å². The lowest BCUT2D eigenvalue weighted by Crippen LogP contribution is -2.36. The van der Waals surface area contributed by atoms with Gasteiger partial charge in [0.1, 0.15) is 23.3 Å². The van der Waals surface area contributed by atoms with Crippen molar-refractivity contribution >= 4 is 11.7 Å². The van der Waals surface area contributed by atoms with Gasteiger partial charge in [-0.2, -0.15) is 5.26 Å². The maximum atomic E-state index is 11.2. The Labute approximate surface area is 152 Å². The van der Waals surface area contributed by atoms with Crippen LogP contribution in [0.25, 0.3) is 0 Å². The Hall–Kier alpha value is -3.14. The largest absolute Gasteiger partial charge is 0.493 e. The molecule has 0 aromatic carbocycles. The third-order valence-electron chi connectivity index (χ3n) is 4.52. The third kappa shape index (κ3) is 4.09. The summed E-state index contributed by atoms with van der Waals surface area (Å²) in [5.74, 6) is 1.21. The molecule has 7 nitrogen and oxygen atoms in total. The Morgan fingerprint density at radius 3 is 2.85 bits per heavy atom. The molecule has 0 bridgehead atoms. The number of nitrogens with zero attached hydrogens (tertiary/aromatic N) is 4. The van der Waals surface area contributed by atoms with E-state index in [2.05, 4.69) is 20.9 Å². The Bertz CT molecular complexity index is 838. The van der Waals surface area contributed by atoms with Crippen LogP contribution >= 0.6 is 0 Å². The van der Waals surface area contributed by atoms with Crippen LogP contribution < -0.4 is 15.4 Å². The molecule has 1 aliphatic rings. The van der Waals surface area contributed by atoms with Gasteiger partial charge in [-0.3, -0.25) is 9.78 Å². The van der Waals surface area contributed by atoms with Crippen LogP contribution in [0.2, 0.25) is 0 Å². The summed E-state index contributed by atoms with van der Waals surface area (Å²) in [6.07, 6.45) is 3.42. The number of carbonyl (C=O) groups is 1. The molecule has 1 fully saturated rings. The molecule has 1 saturated heterocycles. The lowest BCUT2D eigenvalue weighted by atomic mass is 9.97. The minimum Gasteiger partial charge on any atom is -0.493 e. The molecule has 26 heavy (non-hydrogen) atoms. The van der Waals surface area contributed by atoms with Gasteiger partial charge in [0.15, 0.2) is 0 Å². The number of aryl methyl sites for hydroxylation is 1. The minimum absolute atomic E-state index is 0.201. The van der Waals surface area contributed by atoms with Crippen molar-refractivity contribution in [1.82, 2.24) is 9.97 Å². The van der Waals surface area contributed by atoms with Gasteiger partial charge in [0.25, 0.3) is 5.91 Å². The Balaban J connectivity index is 1.56. The predicted octanol–water partition coefficient (Wildman–Crippen LogP) is 2.05. The second-order valence-corrected chi connectivity index (χ2v) is 6.42. The highest BCUT2D eigenvalue weighted by Crippen LogP contribution is 2.25. The molecule has 1 amide bonds. The first-order valence-electron chi connectivity index (χ1n) is 8.58. The van der Waals surface area contributed by atoms with Gasteiger partial charge < -0.3 is 15.4 Å². The summed E-state index contributed by atoms with van der Waals surface area (Å²) in [7, 11) is 0. The normalized spacial score (nSPS) is 14.7. The highest BCUT2D eigenvalue weighted by atomic mass is 16.5. The number of aromatic nitrogens is 2. The SMILES string of the molecule is Cc1ccc(C#N)c(N2CCC(COc3ccnc(C(N)=O)c3)CC2)n1. The molecule has 2 aromatic rings. The quantitative estimate of drug-likeness (QED) is 0.884. The van der Waals surface area contributed by atoms with Gasteiger partial charge >= 0.3 is 0 Å². The van der Waals surface area contributed by atoms with Gasteiger partial charge in [-0.15, -0.1) is 0 Å². The van der Waals surface area contributed by atoms with E-state index in [1.165, 1.54) is 6.20 Å². The summed E-state index contributed by atoms with van der Waals surface area (Å²) in [5, 5.41) is 9.29. The van der Waals surface area contributed by atoms with Crippen molar-refractivity contribution in [3.63, 3.8) is 0 Å². The Morgan fingerprint density at radius 1 is 1.38 bits per heavy atom. The van der Waals surface area contributed by atoms with E-state index in [1.807, 2.05) is 19.1 Å². The van der Waals surface area contributed by atoms with E-state index in [1.54, 1.807) is 12.1 Å². The number of pyridine rings is 2.